The zero-order valence-corrected chi connectivity index (χ0v) is 15.4. The molecule has 1 fully saturated rings. The van der Waals surface area contributed by atoms with E-state index in [2.05, 4.69) is 52.4 Å². The molecule has 0 aromatic carbocycles. The first kappa shape index (κ1) is 17.4. The number of hydrogen-bond donors (Lipinski definition) is 1. The molecule has 1 aliphatic heterocycles. The van der Waals surface area contributed by atoms with Gasteiger partial charge in [0.05, 0.1) is 5.69 Å². The molecule has 2 aromatic rings. The minimum absolute atomic E-state index is 0.00821. The lowest BCUT2D eigenvalue weighted by Gasteiger charge is -2.33. The molecule has 0 aliphatic carbocycles. The molecule has 7 nitrogen and oxygen atoms in total. The van der Waals surface area contributed by atoms with Crippen molar-refractivity contribution in [2.45, 2.75) is 45.1 Å². The predicted octanol–water partition coefficient (Wildman–Crippen LogP) is 1.91. The van der Waals surface area contributed by atoms with Gasteiger partial charge in [0.15, 0.2) is 5.82 Å². The van der Waals surface area contributed by atoms with Gasteiger partial charge in [0.1, 0.15) is 5.69 Å². The van der Waals surface area contributed by atoms with Crippen molar-refractivity contribution in [1.29, 1.82) is 0 Å². The molecule has 7 heteroatoms. The molecule has 3 heterocycles. The molecule has 1 aliphatic rings. The van der Waals surface area contributed by atoms with Crippen molar-refractivity contribution in [3.05, 3.63) is 35.8 Å². The predicted molar refractivity (Wildman–Crippen MR) is 96.6 cm³/mol. The van der Waals surface area contributed by atoms with Crippen LogP contribution in [-0.4, -0.2) is 45.0 Å². The Morgan fingerprint density at radius 1 is 1.16 bits per heavy atom. The second-order valence-corrected chi connectivity index (χ2v) is 7.64. The third-order valence-corrected chi connectivity index (χ3v) is 4.52. The lowest BCUT2D eigenvalue weighted by molar-refractivity contribution is 0.0925. The van der Waals surface area contributed by atoms with Gasteiger partial charge in [-0.15, -0.1) is 5.10 Å². The van der Waals surface area contributed by atoms with E-state index >= 15 is 0 Å². The van der Waals surface area contributed by atoms with E-state index in [1.165, 1.54) is 0 Å². The van der Waals surface area contributed by atoms with E-state index in [0.29, 0.717) is 5.69 Å². The lowest BCUT2D eigenvalue weighted by Crippen LogP contribution is -2.45. The Labute approximate surface area is 148 Å². The second-order valence-electron chi connectivity index (χ2n) is 7.64. The summed E-state index contributed by atoms with van der Waals surface area (Å²) in [5.41, 5.74) is 1.47. The number of hydrogen-bond acceptors (Lipinski definition) is 5. The average Bonchev–Trinajstić information content (AvgIpc) is 3.02. The van der Waals surface area contributed by atoms with Crippen molar-refractivity contribution in [3.63, 3.8) is 0 Å². The van der Waals surface area contributed by atoms with Crippen molar-refractivity contribution < 1.29 is 4.79 Å². The van der Waals surface area contributed by atoms with Crippen molar-refractivity contribution >= 4 is 11.7 Å². The number of nitrogens with one attached hydrogen (secondary N) is 1. The number of carbonyl (C=O) groups excluding carboxylic acids is 1. The van der Waals surface area contributed by atoms with Crippen LogP contribution in [0.3, 0.4) is 0 Å². The van der Waals surface area contributed by atoms with Gasteiger partial charge >= 0.3 is 0 Å². The van der Waals surface area contributed by atoms with E-state index in [4.69, 9.17) is 0 Å². The van der Waals surface area contributed by atoms with Gasteiger partial charge < -0.3 is 10.2 Å². The second kappa shape index (κ2) is 6.82. The number of aromatic nitrogens is 4. The maximum absolute atomic E-state index is 12.2. The molecule has 0 unspecified atom stereocenters. The number of anilines is 1. The summed E-state index contributed by atoms with van der Waals surface area (Å²) in [5.74, 6) is 0.802. The Bertz CT molecular complexity index is 723. The van der Waals surface area contributed by atoms with Crippen molar-refractivity contribution in [3.8, 4) is 0 Å². The van der Waals surface area contributed by atoms with Crippen LogP contribution < -0.4 is 10.2 Å². The number of piperidine rings is 1. The first-order valence-corrected chi connectivity index (χ1v) is 8.72. The Kier molecular flexibility index (Phi) is 4.74. The number of aryl methyl sites for hydroxylation is 1. The van der Waals surface area contributed by atoms with E-state index in [-0.39, 0.29) is 17.4 Å². The molecule has 134 valence electrons. The van der Waals surface area contributed by atoms with Crippen LogP contribution in [0, 0.1) is 0 Å². The molecule has 0 bridgehead atoms. The van der Waals surface area contributed by atoms with Crippen LogP contribution in [0.15, 0.2) is 24.4 Å². The summed E-state index contributed by atoms with van der Waals surface area (Å²) in [7, 11) is 1.81. The van der Waals surface area contributed by atoms with Crippen LogP contribution in [0.4, 0.5) is 5.82 Å². The van der Waals surface area contributed by atoms with E-state index in [0.717, 1.165) is 37.4 Å². The maximum atomic E-state index is 12.2. The molecule has 25 heavy (non-hydrogen) atoms. The zero-order valence-electron chi connectivity index (χ0n) is 15.4. The smallest absolute Gasteiger partial charge is 0.271 e. The van der Waals surface area contributed by atoms with Gasteiger partial charge in [-0.2, -0.15) is 10.2 Å². The summed E-state index contributed by atoms with van der Waals surface area (Å²) in [6, 6.07) is 6.00. The summed E-state index contributed by atoms with van der Waals surface area (Å²) in [6.07, 6.45) is 3.56. The number of amides is 1. The van der Waals surface area contributed by atoms with Gasteiger partial charge in [0.2, 0.25) is 0 Å². The van der Waals surface area contributed by atoms with Gasteiger partial charge in [0, 0.05) is 37.8 Å². The van der Waals surface area contributed by atoms with Gasteiger partial charge in [-0.3, -0.25) is 9.48 Å². The van der Waals surface area contributed by atoms with E-state index in [9.17, 15) is 4.79 Å². The molecule has 1 saturated heterocycles. The highest BCUT2D eigenvalue weighted by molar-refractivity contribution is 5.92. The summed E-state index contributed by atoms with van der Waals surface area (Å²) in [5, 5.41) is 16.0. The zero-order chi connectivity index (χ0) is 18.0. The fourth-order valence-corrected chi connectivity index (χ4v) is 2.94. The molecule has 1 amide bonds. The van der Waals surface area contributed by atoms with Gasteiger partial charge in [-0.05, 0) is 31.0 Å². The average molecular weight is 342 g/mol. The molecule has 3 rings (SSSR count). The Balaban J connectivity index is 1.54. The molecule has 0 atom stereocenters. The third-order valence-electron chi connectivity index (χ3n) is 4.52. The largest absolute Gasteiger partial charge is 0.355 e. The minimum atomic E-state index is -0.103. The maximum Gasteiger partial charge on any atom is 0.271 e. The molecule has 1 N–H and O–H groups in total. The molecule has 2 aromatic heterocycles. The Morgan fingerprint density at radius 3 is 2.40 bits per heavy atom. The van der Waals surface area contributed by atoms with Crippen molar-refractivity contribution in [2.75, 3.05) is 18.0 Å². The van der Waals surface area contributed by atoms with Gasteiger partial charge in [-0.25, -0.2) is 0 Å². The number of nitrogens with zero attached hydrogens (tertiary/aromatic N) is 5. The van der Waals surface area contributed by atoms with Crippen LogP contribution in [0.1, 0.15) is 49.8 Å². The van der Waals surface area contributed by atoms with Crippen LogP contribution in [0.2, 0.25) is 0 Å². The fourth-order valence-electron chi connectivity index (χ4n) is 2.94. The van der Waals surface area contributed by atoms with Crippen molar-refractivity contribution in [2.24, 2.45) is 7.05 Å². The highest BCUT2D eigenvalue weighted by Crippen LogP contribution is 2.22. The topological polar surface area (TPSA) is 75.9 Å². The number of rotatable bonds is 3. The first-order chi connectivity index (χ1) is 11.8. The normalized spacial score (nSPS) is 16.1. The van der Waals surface area contributed by atoms with Crippen LogP contribution in [0.5, 0.6) is 0 Å². The summed E-state index contributed by atoms with van der Waals surface area (Å²) >= 11 is 0. The van der Waals surface area contributed by atoms with Gasteiger partial charge in [0.25, 0.3) is 5.91 Å². The van der Waals surface area contributed by atoms with E-state index in [1.807, 2.05) is 6.07 Å². The Hall–Kier alpha value is -2.44. The Morgan fingerprint density at radius 2 is 1.88 bits per heavy atom. The standard InChI is InChI=1S/C18H26N6O/c1-18(2,3)15-5-6-16(21-20-15)24-11-7-13(8-12-24)19-17(25)14-9-10-23(4)22-14/h5-6,9-10,13H,7-8,11-12H2,1-4H3,(H,19,25). The van der Waals surface area contributed by atoms with Crippen LogP contribution in [-0.2, 0) is 12.5 Å². The van der Waals surface area contributed by atoms with Gasteiger partial charge in [-0.1, -0.05) is 20.8 Å². The fraction of sp³-hybridized carbons (Fsp3) is 0.556. The molecule has 0 spiro atoms. The molecule has 0 saturated carbocycles. The number of carbonyl (C=O) groups is 1. The lowest BCUT2D eigenvalue weighted by atomic mass is 9.92. The minimum Gasteiger partial charge on any atom is -0.355 e. The SMILES string of the molecule is Cn1ccc(C(=O)NC2CCN(c3ccc(C(C)(C)C)nn3)CC2)n1. The first-order valence-electron chi connectivity index (χ1n) is 8.72. The van der Waals surface area contributed by atoms with Crippen molar-refractivity contribution in [1.82, 2.24) is 25.3 Å². The van der Waals surface area contributed by atoms with Crippen LogP contribution >= 0.6 is 0 Å². The van der Waals surface area contributed by atoms with E-state index < -0.39 is 0 Å². The molecular formula is C18H26N6O. The quantitative estimate of drug-likeness (QED) is 0.922. The summed E-state index contributed by atoms with van der Waals surface area (Å²) < 4.78 is 1.64. The third kappa shape index (κ3) is 4.15. The summed E-state index contributed by atoms with van der Waals surface area (Å²) in [6.45, 7) is 8.11. The molecular weight excluding hydrogens is 316 g/mol. The van der Waals surface area contributed by atoms with Crippen LogP contribution in [0.25, 0.3) is 0 Å². The summed E-state index contributed by atoms with van der Waals surface area (Å²) in [4.78, 5) is 14.4. The highest BCUT2D eigenvalue weighted by atomic mass is 16.2. The molecule has 0 radical (unpaired) electrons. The van der Waals surface area contributed by atoms with E-state index in [1.54, 1.807) is 24.0 Å². The monoisotopic (exact) mass is 342 g/mol. The highest BCUT2D eigenvalue weighted by Gasteiger charge is 2.23.